The molecule has 0 aliphatic carbocycles. The van der Waals surface area contributed by atoms with Crippen LogP contribution in [0.5, 0.6) is 11.5 Å². The Morgan fingerprint density at radius 3 is 2.44 bits per heavy atom. The number of aromatic hydroxyl groups is 1. The van der Waals surface area contributed by atoms with E-state index in [9.17, 15) is 9.90 Å². The van der Waals surface area contributed by atoms with Gasteiger partial charge in [-0.1, -0.05) is 24.3 Å². The summed E-state index contributed by atoms with van der Waals surface area (Å²) in [5.74, 6) is 0.981. The lowest BCUT2D eigenvalue weighted by Gasteiger charge is -2.35. The van der Waals surface area contributed by atoms with Crippen molar-refractivity contribution in [2.75, 3.05) is 40.0 Å². The van der Waals surface area contributed by atoms with Gasteiger partial charge >= 0.3 is 0 Å². The Hall–Kier alpha value is -2.57. The van der Waals surface area contributed by atoms with E-state index in [2.05, 4.69) is 10.2 Å². The molecule has 2 aromatic carbocycles. The molecular formula is C21H26N2O4. The van der Waals surface area contributed by atoms with Gasteiger partial charge in [0.15, 0.2) is 0 Å². The number of ether oxygens (including phenoxy) is 2. The number of nitrogens with zero attached hydrogens (tertiary/aromatic N) is 1. The number of phenols is 1. The highest BCUT2D eigenvalue weighted by Crippen LogP contribution is 2.23. The van der Waals surface area contributed by atoms with Crippen molar-refractivity contribution in [1.29, 1.82) is 0 Å². The van der Waals surface area contributed by atoms with E-state index in [1.807, 2.05) is 24.3 Å². The Kier molecular flexibility index (Phi) is 6.68. The van der Waals surface area contributed by atoms with Crippen LogP contribution in [-0.2, 0) is 16.0 Å². The lowest BCUT2D eigenvalue weighted by molar-refractivity contribution is -0.120. The summed E-state index contributed by atoms with van der Waals surface area (Å²) in [7, 11) is 1.65. The predicted octanol–water partition coefficient (Wildman–Crippen LogP) is 2.13. The standard InChI is InChI=1S/C21H26N2O4/c1-26-19-8-4-17(5-9-19)20(23-10-12-27-13-11-23)15-22-21(25)14-16-2-6-18(24)7-3-16/h2-9,20,24H,10-15H2,1H3,(H,22,25). The molecule has 0 spiro atoms. The van der Waals surface area contributed by atoms with E-state index >= 15 is 0 Å². The first kappa shape index (κ1) is 19.2. The van der Waals surface area contributed by atoms with Gasteiger partial charge in [0.2, 0.25) is 5.91 Å². The normalized spacial score (nSPS) is 15.9. The van der Waals surface area contributed by atoms with Crippen LogP contribution in [0.15, 0.2) is 48.5 Å². The molecule has 0 aromatic heterocycles. The Balaban J connectivity index is 1.64. The summed E-state index contributed by atoms with van der Waals surface area (Å²) in [4.78, 5) is 14.7. The molecule has 1 saturated heterocycles. The average molecular weight is 370 g/mol. The molecule has 3 rings (SSSR count). The van der Waals surface area contributed by atoms with E-state index in [1.165, 1.54) is 0 Å². The highest BCUT2D eigenvalue weighted by atomic mass is 16.5. The van der Waals surface area contributed by atoms with Crippen LogP contribution >= 0.6 is 0 Å². The smallest absolute Gasteiger partial charge is 0.224 e. The van der Waals surface area contributed by atoms with E-state index in [1.54, 1.807) is 31.4 Å². The fraction of sp³-hybridized carbons (Fsp3) is 0.381. The third-order valence-electron chi connectivity index (χ3n) is 4.78. The van der Waals surface area contributed by atoms with Crippen molar-refractivity contribution in [3.8, 4) is 11.5 Å². The minimum atomic E-state index is -0.0348. The molecular weight excluding hydrogens is 344 g/mol. The number of phenolic OH excluding ortho intramolecular Hbond substituents is 1. The van der Waals surface area contributed by atoms with Gasteiger partial charge in [0.25, 0.3) is 0 Å². The zero-order valence-corrected chi connectivity index (χ0v) is 15.6. The van der Waals surface area contributed by atoms with Gasteiger partial charge in [-0.2, -0.15) is 0 Å². The second kappa shape index (κ2) is 9.39. The van der Waals surface area contributed by atoms with E-state index in [0.717, 1.165) is 30.0 Å². The van der Waals surface area contributed by atoms with Crippen LogP contribution in [0, 0.1) is 0 Å². The highest BCUT2D eigenvalue weighted by Gasteiger charge is 2.23. The molecule has 2 N–H and O–H groups in total. The molecule has 0 saturated carbocycles. The number of benzene rings is 2. The summed E-state index contributed by atoms with van der Waals surface area (Å²) < 4.78 is 10.7. The second-order valence-corrected chi connectivity index (χ2v) is 6.58. The topological polar surface area (TPSA) is 71.0 Å². The lowest BCUT2D eigenvalue weighted by Crippen LogP contribution is -2.44. The maximum atomic E-state index is 12.4. The number of methoxy groups -OCH3 is 1. The summed E-state index contributed by atoms with van der Waals surface area (Å²) in [5, 5.41) is 12.4. The van der Waals surface area contributed by atoms with Crippen molar-refractivity contribution >= 4 is 5.91 Å². The molecule has 144 valence electrons. The largest absolute Gasteiger partial charge is 0.508 e. The zero-order chi connectivity index (χ0) is 19.1. The summed E-state index contributed by atoms with van der Waals surface area (Å²) in [6.45, 7) is 3.61. The predicted molar refractivity (Wildman–Crippen MR) is 103 cm³/mol. The molecule has 1 atom stereocenters. The van der Waals surface area contributed by atoms with Crippen molar-refractivity contribution < 1.29 is 19.4 Å². The second-order valence-electron chi connectivity index (χ2n) is 6.58. The van der Waals surface area contributed by atoms with E-state index in [-0.39, 0.29) is 17.7 Å². The monoisotopic (exact) mass is 370 g/mol. The van der Waals surface area contributed by atoms with E-state index < -0.39 is 0 Å². The number of hydrogen-bond acceptors (Lipinski definition) is 5. The molecule has 6 heteroatoms. The molecule has 0 radical (unpaired) electrons. The first-order valence-corrected chi connectivity index (χ1v) is 9.16. The van der Waals surface area contributed by atoms with Crippen LogP contribution in [-0.4, -0.2) is 55.9 Å². The molecule has 1 aliphatic rings. The SMILES string of the molecule is COc1ccc(C(CNC(=O)Cc2ccc(O)cc2)N2CCOCC2)cc1. The number of nitrogens with one attached hydrogen (secondary N) is 1. The molecule has 0 bridgehead atoms. The van der Waals surface area contributed by atoms with Crippen LogP contribution < -0.4 is 10.1 Å². The third kappa shape index (κ3) is 5.45. The van der Waals surface area contributed by atoms with Crippen LogP contribution in [0.3, 0.4) is 0 Å². The van der Waals surface area contributed by atoms with Crippen LogP contribution in [0.4, 0.5) is 0 Å². The number of morpholine rings is 1. The summed E-state index contributed by atoms with van der Waals surface area (Å²) in [5.41, 5.74) is 2.01. The molecule has 1 fully saturated rings. The molecule has 27 heavy (non-hydrogen) atoms. The lowest BCUT2D eigenvalue weighted by atomic mass is 10.0. The average Bonchev–Trinajstić information content (AvgIpc) is 2.71. The van der Waals surface area contributed by atoms with Gasteiger partial charge in [-0.25, -0.2) is 0 Å². The maximum absolute atomic E-state index is 12.4. The summed E-state index contributed by atoms with van der Waals surface area (Å²) >= 11 is 0. The molecule has 6 nitrogen and oxygen atoms in total. The quantitative estimate of drug-likeness (QED) is 0.781. The number of amides is 1. The van der Waals surface area contributed by atoms with Gasteiger partial charge in [-0.3, -0.25) is 9.69 Å². The van der Waals surface area contributed by atoms with Gasteiger partial charge in [0.1, 0.15) is 11.5 Å². The van der Waals surface area contributed by atoms with E-state index in [0.29, 0.717) is 26.2 Å². The van der Waals surface area contributed by atoms with Gasteiger partial charge < -0.3 is 19.9 Å². The van der Waals surface area contributed by atoms with Crippen LogP contribution in [0.25, 0.3) is 0 Å². The van der Waals surface area contributed by atoms with Crippen LogP contribution in [0.1, 0.15) is 17.2 Å². The van der Waals surface area contributed by atoms with Gasteiger partial charge in [0.05, 0.1) is 32.8 Å². The Bertz CT molecular complexity index is 725. The van der Waals surface area contributed by atoms with Gasteiger partial charge in [0, 0.05) is 19.6 Å². The van der Waals surface area contributed by atoms with Crippen molar-refractivity contribution in [3.05, 3.63) is 59.7 Å². The fourth-order valence-electron chi connectivity index (χ4n) is 3.25. The van der Waals surface area contributed by atoms with E-state index in [4.69, 9.17) is 9.47 Å². The fourth-order valence-corrected chi connectivity index (χ4v) is 3.25. The van der Waals surface area contributed by atoms with Crippen molar-refractivity contribution in [1.82, 2.24) is 10.2 Å². The van der Waals surface area contributed by atoms with Crippen molar-refractivity contribution in [3.63, 3.8) is 0 Å². The molecule has 1 unspecified atom stereocenters. The molecule has 1 heterocycles. The minimum absolute atomic E-state index is 0.0348. The molecule has 1 amide bonds. The Morgan fingerprint density at radius 2 is 1.81 bits per heavy atom. The first-order valence-electron chi connectivity index (χ1n) is 9.16. The van der Waals surface area contributed by atoms with Gasteiger partial charge in [-0.05, 0) is 35.4 Å². The number of rotatable bonds is 7. The Labute approximate surface area is 159 Å². The zero-order valence-electron chi connectivity index (χ0n) is 15.6. The molecule has 1 aliphatic heterocycles. The first-order chi connectivity index (χ1) is 13.2. The molecule has 2 aromatic rings. The van der Waals surface area contributed by atoms with Crippen molar-refractivity contribution in [2.24, 2.45) is 0 Å². The third-order valence-corrected chi connectivity index (χ3v) is 4.78. The minimum Gasteiger partial charge on any atom is -0.508 e. The number of hydrogen-bond donors (Lipinski definition) is 2. The van der Waals surface area contributed by atoms with Crippen molar-refractivity contribution in [2.45, 2.75) is 12.5 Å². The maximum Gasteiger partial charge on any atom is 0.224 e. The summed E-state index contributed by atoms with van der Waals surface area (Å²) in [6, 6.07) is 14.8. The van der Waals surface area contributed by atoms with Gasteiger partial charge in [-0.15, -0.1) is 0 Å². The Morgan fingerprint density at radius 1 is 1.15 bits per heavy atom. The number of carbonyl (C=O) groups excluding carboxylic acids is 1. The highest BCUT2D eigenvalue weighted by molar-refractivity contribution is 5.78. The number of carbonyl (C=O) groups is 1. The van der Waals surface area contributed by atoms with Crippen LogP contribution in [0.2, 0.25) is 0 Å². The summed E-state index contributed by atoms with van der Waals surface area (Å²) in [6.07, 6.45) is 0.290.